The van der Waals surface area contributed by atoms with Crippen molar-refractivity contribution in [2.75, 3.05) is 5.32 Å². The number of allylic oxidation sites excluding steroid dienone is 2. The van der Waals surface area contributed by atoms with E-state index in [0.717, 1.165) is 10.4 Å². The molecule has 1 heterocycles. The second-order valence-corrected chi connectivity index (χ2v) is 7.13. The van der Waals surface area contributed by atoms with Crippen LogP contribution in [0.2, 0.25) is 0 Å². The molecule has 1 aromatic rings. The Morgan fingerprint density at radius 3 is 2.55 bits per heavy atom. The number of hydrogen-bond acceptors (Lipinski definition) is 5. The van der Waals surface area contributed by atoms with Crippen molar-refractivity contribution in [3.8, 4) is 6.07 Å². The fourth-order valence-corrected chi connectivity index (χ4v) is 4.56. The van der Waals surface area contributed by atoms with Gasteiger partial charge in [0.2, 0.25) is 5.91 Å². The second-order valence-electron chi connectivity index (χ2n) is 5.91. The minimum absolute atomic E-state index is 0.0550. The Labute approximate surface area is 132 Å². The van der Waals surface area contributed by atoms with E-state index < -0.39 is 17.8 Å². The van der Waals surface area contributed by atoms with Crippen LogP contribution in [0.5, 0.6) is 0 Å². The summed E-state index contributed by atoms with van der Waals surface area (Å²) in [6, 6.07) is 2.10. The Bertz CT molecular complexity index is 728. The Kier molecular flexibility index (Phi) is 3.53. The van der Waals surface area contributed by atoms with E-state index in [2.05, 4.69) is 11.4 Å². The van der Waals surface area contributed by atoms with Crippen molar-refractivity contribution in [1.82, 2.24) is 0 Å². The first-order valence-corrected chi connectivity index (χ1v) is 7.95. The third kappa shape index (κ3) is 2.13. The van der Waals surface area contributed by atoms with Gasteiger partial charge in [-0.1, -0.05) is 12.2 Å². The number of carboxylic acid groups (broad SMARTS) is 1. The summed E-state index contributed by atoms with van der Waals surface area (Å²) in [4.78, 5) is 24.9. The highest BCUT2D eigenvalue weighted by Crippen LogP contribution is 2.48. The molecule has 22 heavy (non-hydrogen) atoms. The van der Waals surface area contributed by atoms with E-state index >= 15 is 0 Å². The minimum atomic E-state index is -1.17. The summed E-state index contributed by atoms with van der Waals surface area (Å²) >= 11 is 1.35. The highest BCUT2D eigenvalue weighted by Gasteiger charge is 2.48. The Balaban J connectivity index is 1.86. The molecular weight excluding hydrogens is 300 g/mol. The van der Waals surface area contributed by atoms with Crippen molar-refractivity contribution in [3.05, 3.63) is 28.2 Å². The van der Waals surface area contributed by atoms with Gasteiger partial charge in [0.05, 0.1) is 11.5 Å². The number of aliphatic carboxylic acids is 1. The van der Waals surface area contributed by atoms with Crippen molar-refractivity contribution in [2.45, 2.75) is 20.3 Å². The van der Waals surface area contributed by atoms with Crippen molar-refractivity contribution in [1.29, 1.82) is 5.26 Å². The van der Waals surface area contributed by atoms with Crippen LogP contribution in [0.4, 0.5) is 5.00 Å². The van der Waals surface area contributed by atoms with E-state index in [9.17, 15) is 20.0 Å². The molecular formula is C16H15N2O3S-. The maximum Gasteiger partial charge on any atom is 0.229 e. The van der Waals surface area contributed by atoms with Crippen LogP contribution in [0, 0.1) is 48.9 Å². The van der Waals surface area contributed by atoms with E-state index in [0.29, 0.717) is 17.0 Å². The maximum atomic E-state index is 12.6. The Morgan fingerprint density at radius 2 is 1.95 bits per heavy atom. The van der Waals surface area contributed by atoms with Gasteiger partial charge in [0.1, 0.15) is 11.1 Å². The predicted molar refractivity (Wildman–Crippen MR) is 79.9 cm³/mol. The van der Waals surface area contributed by atoms with Crippen LogP contribution in [-0.4, -0.2) is 11.9 Å². The zero-order valence-electron chi connectivity index (χ0n) is 12.3. The normalized spacial score (nSPS) is 28.6. The fourth-order valence-electron chi connectivity index (χ4n) is 3.55. The lowest BCUT2D eigenvalue weighted by Gasteiger charge is -2.27. The lowest BCUT2D eigenvalue weighted by molar-refractivity contribution is -0.313. The largest absolute Gasteiger partial charge is 0.550 e. The monoisotopic (exact) mass is 315 g/mol. The van der Waals surface area contributed by atoms with Gasteiger partial charge in [-0.15, -0.1) is 11.3 Å². The average molecular weight is 315 g/mol. The number of thiophene rings is 1. The quantitative estimate of drug-likeness (QED) is 0.852. The third-order valence-electron chi connectivity index (χ3n) is 4.77. The number of hydrogen-bond donors (Lipinski definition) is 1. The molecule has 1 saturated carbocycles. The van der Waals surface area contributed by atoms with Crippen LogP contribution in [0.1, 0.15) is 22.4 Å². The van der Waals surface area contributed by atoms with Gasteiger partial charge in [0.15, 0.2) is 0 Å². The van der Waals surface area contributed by atoms with Crippen molar-refractivity contribution < 1.29 is 14.7 Å². The van der Waals surface area contributed by atoms with Crippen LogP contribution >= 0.6 is 11.3 Å². The second kappa shape index (κ2) is 5.25. The highest BCUT2D eigenvalue weighted by molar-refractivity contribution is 7.16. The number of rotatable bonds is 3. The van der Waals surface area contributed by atoms with Gasteiger partial charge in [0.25, 0.3) is 0 Å². The third-order valence-corrected chi connectivity index (χ3v) is 5.89. The SMILES string of the molecule is Cc1sc(NC(=O)[C@@H]2[C@@H](C(=O)[O-])[C@H]3C=C[C@@H]2C3)c(C#N)c1C. The number of aryl methyl sites for hydroxylation is 1. The summed E-state index contributed by atoms with van der Waals surface area (Å²) in [5.41, 5.74) is 1.31. The molecule has 2 aliphatic carbocycles. The number of nitrogens with zero attached hydrogens (tertiary/aromatic N) is 1. The van der Waals surface area contributed by atoms with Gasteiger partial charge in [-0.25, -0.2) is 0 Å². The van der Waals surface area contributed by atoms with Gasteiger partial charge in [-0.05, 0) is 37.7 Å². The number of carboxylic acids is 1. The summed E-state index contributed by atoms with van der Waals surface area (Å²) < 4.78 is 0. The number of fused-ring (bicyclic) bond motifs is 2. The molecule has 2 bridgehead atoms. The molecule has 5 nitrogen and oxygen atoms in total. The predicted octanol–water partition coefficient (Wildman–Crippen LogP) is 1.36. The van der Waals surface area contributed by atoms with Crippen LogP contribution in [0.3, 0.4) is 0 Å². The molecule has 0 unspecified atom stereocenters. The molecule has 0 spiro atoms. The molecule has 1 amide bonds. The van der Waals surface area contributed by atoms with Gasteiger partial charge in [0, 0.05) is 16.8 Å². The number of amides is 1. The van der Waals surface area contributed by atoms with E-state index in [4.69, 9.17) is 0 Å². The number of nitriles is 1. The highest BCUT2D eigenvalue weighted by atomic mass is 32.1. The molecule has 1 aromatic heterocycles. The molecule has 0 radical (unpaired) electrons. The standard InChI is InChI=1S/C16H16N2O3S/c1-7-8(2)22-15(11(7)6-17)18-14(19)12-9-3-4-10(5-9)13(12)16(20)21/h3-4,9-10,12-13H,5H2,1-2H3,(H,18,19)(H,20,21)/p-1/t9-,10+,12+,13+/m1/s1. The van der Waals surface area contributed by atoms with Crippen molar-refractivity contribution in [2.24, 2.45) is 23.7 Å². The van der Waals surface area contributed by atoms with Crippen LogP contribution in [-0.2, 0) is 9.59 Å². The summed E-state index contributed by atoms with van der Waals surface area (Å²) in [7, 11) is 0. The summed E-state index contributed by atoms with van der Waals surface area (Å²) in [6.45, 7) is 3.73. The molecule has 4 atom stereocenters. The van der Waals surface area contributed by atoms with E-state index in [1.54, 1.807) is 0 Å². The Morgan fingerprint density at radius 1 is 1.32 bits per heavy atom. The first kappa shape index (κ1) is 14.8. The fraction of sp³-hybridized carbons (Fsp3) is 0.438. The van der Waals surface area contributed by atoms with Gasteiger partial charge < -0.3 is 15.2 Å². The lowest BCUT2D eigenvalue weighted by Crippen LogP contribution is -2.42. The summed E-state index contributed by atoms with van der Waals surface area (Å²) in [5.74, 6) is -3.06. The topological polar surface area (TPSA) is 93.0 Å². The van der Waals surface area contributed by atoms with Gasteiger partial charge in [-0.2, -0.15) is 5.26 Å². The zero-order valence-corrected chi connectivity index (χ0v) is 13.1. The molecule has 0 aromatic carbocycles. The maximum absolute atomic E-state index is 12.6. The molecule has 0 aliphatic heterocycles. The van der Waals surface area contributed by atoms with E-state index in [1.165, 1.54) is 11.3 Å². The van der Waals surface area contributed by atoms with Crippen molar-refractivity contribution in [3.63, 3.8) is 0 Å². The van der Waals surface area contributed by atoms with Crippen molar-refractivity contribution >= 4 is 28.2 Å². The van der Waals surface area contributed by atoms with Crippen LogP contribution < -0.4 is 10.4 Å². The molecule has 1 fully saturated rings. The lowest BCUT2D eigenvalue weighted by atomic mass is 9.82. The summed E-state index contributed by atoms with van der Waals surface area (Å²) in [5, 5.41) is 23.9. The number of nitrogens with one attached hydrogen (secondary N) is 1. The average Bonchev–Trinajstić information content (AvgIpc) is 3.13. The van der Waals surface area contributed by atoms with Crippen LogP contribution in [0.25, 0.3) is 0 Å². The molecule has 2 aliphatic rings. The first-order valence-electron chi connectivity index (χ1n) is 7.14. The van der Waals surface area contributed by atoms with Gasteiger partial charge >= 0.3 is 0 Å². The van der Waals surface area contributed by atoms with E-state index in [-0.39, 0.29) is 17.7 Å². The minimum Gasteiger partial charge on any atom is -0.550 e. The van der Waals surface area contributed by atoms with Crippen LogP contribution in [0.15, 0.2) is 12.2 Å². The number of anilines is 1. The van der Waals surface area contributed by atoms with Gasteiger partial charge in [-0.3, -0.25) is 4.79 Å². The molecule has 114 valence electrons. The number of carbonyl (C=O) groups is 2. The molecule has 3 rings (SSSR count). The molecule has 0 saturated heterocycles. The zero-order chi connectivity index (χ0) is 16.0. The summed E-state index contributed by atoms with van der Waals surface area (Å²) in [6.07, 6.45) is 4.48. The first-order chi connectivity index (χ1) is 10.4. The number of carbonyl (C=O) groups excluding carboxylic acids is 2. The molecule has 1 N–H and O–H groups in total. The molecule has 6 heteroatoms. The van der Waals surface area contributed by atoms with E-state index in [1.807, 2.05) is 26.0 Å². The smallest absolute Gasteiger partial charge is 0.229 e. The Hall–Kier alpha value is -2.13.